The van der Waals surface area contributed by atoms with Crippen LogP contribution in [0.5, 0.6) is 5.88 Å². The van der Waals surface area contributed by atoms with E-state index in [1.807, 2.05) is 30.3 Å². The van der Waals surface area contributed by atoms with E-state index in [1.54, 1.807) is 12.1 Å². The number of hydrogen-bond donors (Lipinski definition) is 2. The van der Waals surface area contributed by atoms with E-state index in [0.29, 0.717) is 21.3 Å². The highest BCUT2D eigenvalue weighted by molar-refractivity contribution is 9.10. The molecular formula is C19H12BrFN4O. The first-order valence-corrected chi connectivity index (χ1v) is 8.55. The molecule has 0 unspecified atom stereocenters. The highest BCUT2D eigenvalue weighted by Gasteiger charge is 2.37. The minimum Gasteiger partial charge on any atom is -0.420 e. The van der Waals surface area contributed by atoms with Crippen LogP contribution in [0.2, 0.25) is 0 Å². The Balaban J connectivity index is 2.00. The maximum Gasteiger partial charge on any atom is 0.244 e. The van der Waals surface area contributed by atoms with Crippen LogP contribution in [0.25, 0.3) is 11.3 Å². The largest absolute Gasteiger partial charge is 0.420 e. The van der Waals surface area contributed by atoms with E-state index in [1.165, 1.54) is 6.07 Å². The number of fused-ring (bicyclic) bond motifs is 1. The van der Waals surface area contributed by atoms with Gasteiger partial charge in [-0.25, -0.2) is 4.39 Å². The summed E-state index contributed by atoms with van der Waals surface area (Å²) in [7, 11) is 0. The average Bonchev–Trinajstić information content (AvgIpc) is 3.06. The van der Waals surface area contributed by atoms with E-state index in [-0.39, 0.29) is 17.3 Å². The van der Waals surface area contributed by atoms with Crippen LogP contribution < -0.4 is 10.5 Å². The number of aromatic amines is 1. The molecule has 5 nitrogen and oxygen atoms in total. The summed E-state index contributed by atoms with van der Waals surface area (Å²) in [5.41, 5.74) is 8.47. The van der Waals surface area contributed by atoms with Crippen LogP contribution in [0, 0.1) is 17.1 Å². The zero-order valence-corrected chi connectivity index (χ0v) is 14.9. The first-order valence-electron chi connectivity index (χ1n) is 7.76. The highest BCUT2D eigenvalue weighted by atomic mass is 79.9. The third kappa shape index (κ3) is 2.55. The summed E-state index contributed by atoms with van der Waals surface area (Å²) in [6, 6.07) is 16.1. The van der Waals surface area contributed by atoms with Gasteiger partial charge in [-0.1, -0.05) is 46.3 Å². The second-order valence-corrected chi connectivity index (χ2v) is 6.69. The van der Waals surface area contributed by atoms with E-state index in [0.717, 1.165) is 5.56 Å². The Kier molecular flexibility index (Phi) is 3.98. The topological polar surface area (TPSA) is 87.7 Å². The molecular weight excluding hydrogens is 399 g/mol. The molecule has 0 fully saturated rings. The van der Waals surface area contributed by atoms with Gasteiger partial charge in [0.25, 0.3) is 0 Å². The van der Waals surface area contributed by atoms with Gasteiger partial charge in [0.05, 0.1) is 17.2 Å². The van der Waals surface area contributed by atoms with Gasteiger partial charge in [-0.15, -0.1) is 5.10 Å². The minimum absolute atomic E-state index is 0.0736. The van der Waals surface area contributed by atoms with Crippen molar-refractivity contribution in [2.75, 3.05) is 0 Å². The number of hydrogen-bond acceptors (Lipinski definition) is 4. The smallest absolute Gasteiger partial charge is 0.244 e. The van der Waals surface area contributed by atoms with Crippen LogP contribution >= 0.6 is 15.9 Å². The molecule has 7 heteroatoms. The fourth-order valence-corrected chi connectivity index (χ4v) is 3.50. The van der Waals surface area contributed by atoms with Gasteiger partial charge in [-0.2, -0.15) is 5.26 Å². The number of nitrogens with one attached hydrogen (secondary N) is 1. The van der Waals surface area contributed by atoms with Gasteiger partial charge in [0.2, 0.25) is 11.8 Å². The van der Waals surface area contributed by atoms with Crippen molar-refractivity contribution in [1.82, 2.24) is 10.2 Å². The number of aromatic nitrogens is 2. The SMILES string of the molecule is N#CC1=C(N)Oc2n[nH]c(-c3ccccc3)c2[C@@H]1c1cc(Br)ccc1F. The summed E-state index contributed by atoms with van der Waals surface area (Å²) in [6.07, 6.45) is 0. The standard InChI is InChI=1S/C19H12BrFN4O/c20-11-6-7-14(21)12(8-11)15-13(9-22)18(23)26-19-16(15)17(24-25-19)10-4-2-1-3-5-10/h1-8,15H,23H2,(H,24,25)/t15-/m1/s1. The average molecular weight is 411 g/mol. The van der Waals surface area contributed by atoms with Crippen LogP contribution in [-0.2, 0) is 0 Å². The lowest BCUT2D eigenvalue weighted by Gasteiger charge is -2.24. The summed E-state index contributed by atoms with van der Waals surface area (Å²) in [4.78, 5) is 0. The summed E-state index contributed by atoms with van der Waals surface area (Å²) in [6.45, 7) is 0. The Morgan fingerprint density at radius 1 is 1.23 bits per heavy atom. The molecule has 2 aromatic carbocycles. The van der Waals surface area contributed by atoms with Crippen molar-refractivity contribution < 1.29 is 9.13 Å². The van der Waals surface area contributed by atoms with E-state index < -0.39 is 11.7 Å². The van der Waals surface area contributed by atoms with Gasteiger partial charge >= 0.3 is 0 Å². The van der Waals surface area contributed by atoms with Gasteiger partial charge in [-0.05, 0) is 23.8 Å². The molecule has 4 rings (SSSR count). The molecule has 1 aliphatic heterocycles. The Morgan fingerprint density at radius 3 is 2.73 bits per heavy atom. The molecule has 3 aromatic rings. The van der Waals surface area contributed by atoms with Crippen LogP contribution in [0.4, 0.5) is 4.39 Å². The van der Waals surface area contributed by atoms with Gasteiger partial charge in [0.1, 0.15) is 17.5 Å². The minimum atomic E-state index is -0.727. The molecule has 0 aliphatic carbocycles. The predicted molar refractivity (Wildman–Crippen MR) is 97.4 cm³/mol. The van der Waals surface area contributed by atoms with E-state index in [4.69, 9.17) is 10.5 Å². The fraction of sp³-hybridized carbons (Fsp3) is 0.0526. The Hall–Kier alpha value is -3.11. The number of nitriles is 1. The lowest BCUT2D eigenvalue weighted by molar-refractivity contribution is 0.378. The first-order chi connectivity index (χ1) is 12.6. The number of benzene rings is 2. The van der Waals surface area contributed by atoms with Crippen molar-refractivity contribution in [2.24, 2.45) is 5.73 Å². The predicted octanol–water partition coefficient (Wildman–Crippen LogP) is 4.20. The summed E-state index contributed by atoms with van der Waals surface area (Å²) < 4.78 is 20.9. The quantitative estimate of drug-likeness (QED) is 0.662. The number of halogens is 2. The molecule has 0 saturated heterocycles. The zero-order chi connectivity index (χ0) is 18.3. The van der Waals surface area contributed by atoms with Gasteiger partial charge in [0.15, 0.2) is 0 Å². The van der Waals surface area contributed by atoms with E-state index in [2.05, 4.69) is 32.2 Å². The lowest BCUT2D eigenvalue weighted by atomic mass is 9.83. The highest BCUT2D eigenvalue weighted by Crippen LogP contribution is 2.46. The van der Waals surface area contributed by atoms with E-state index >= 15 is 0 Å². The lowest BCUT2D eigenvalue weighted by Crippen LogP contribution is -2.21. The molecule has 1 aliphatic rings. The number of allylic oxidation sites excluding steroid dienone is 1. The van der Waals surface area contributed by atoms with Crippen molar-refractivity contribution in [3.05, 3.63) is 81.4 Å². The molecule has 0 radical (unpaired) electrons. The summed E-state index contributed by atoms with van der Waals surface area (Å²) >= 11 is 3.36. The van der Waals surface area contributed by atoms with Gasteiger partial charge in [-0.3, -0.25) is 5.10 Å². The summed E-state index contributed by atoms with van der Waals surface area (Å²) in [5.74, 6) is -0.998. The third-order valence-corrected chi connectivity index (χ3v) is 4.76. The molecule has 0 bridgehead atoms. The van der Waals surface area contributed by atoms with Crippen molar-refractivity contribution in [3.8, 4) is 23.2 Å². The summed E-state index contributed by atoms with van der Waals surface area (Å²) in [5, 5.41) is 16.8. The van der Waals surface area contributed by atoms with Crippen molar-refractivity contribution in [2.45, 2.75) is 5.92 Å². The van der Waals surface area contributed by atoms with Crippen LogP contribution in [-0.4, -0.2) is 10.2 Å². The molecule has 0 amide bonds. The molecule has 2 heterocycles. The van der Waals surface area contributed by atoms with E-state index in [9.17, 15) is 9.65 Å². The third-order valence-electron chi connectivity index (χ3n) is 4.27. The monoisotopic (exact) mass is 410 g/mol. The maximum absolute atomic E-state index is 14.7. The number of H-pyrrole nitrogens is 1. The van der Waals surface area contributed by atoms with Gasteiger partial charge in [0, 0.05) is 10.0 Å². The number of nitrogens with two attached hydrogens (primary N) is 1. The van der Waals surface area contributed by atoms with Crippen molar-refractivity contribution >= 4 is 15.9 Å². The van der Waals surface area contributed by atoms with Crippen molar-refractivity contribution in [3.63, 3.8) is 0 Å². The molecule has 0 spiro atoms. The second-order valence-electron chi connectivity index (χ2n) is 5.77. The molecule has 1 aromatic heterocycles. The Labute approximate surface area is 157 Å². The zero-order valence-electron chi connectivity index (χ0n) is 13.3. The number of nitrogens with zero attached hydrogens (tertiary/aromatic N) is 2. The van der Waals surface area contributed by atoms with Crippen LogP contribution in [0.15, 0.2) is 64.5 Å². The van der Waals surface area contributed by atoms with Crippen LogP contribution in [0.1, 0.15) is 17.0 Å². The normalized spacial score (nSPS) is 16.0. The van der Waals surface area contributed by atoms with Crippen LogP contribution in [0.3, 0.4) is 0 Å². The molecule has 26 heavy (non-hydrogen) atoms. The number of ether oxygens (including phenoxy) is 1. The van der Waals surface area contributed by atoms with Crippen molar-refractivity contribution in [1.29, 1.82) is 5.26 Å². The Morgan fingerprint density at radius 2 is 2.00 bits per heavy atom. The fourth-order valence-electron chi connectivity index (χ4n) is 3.12. The molecule has 3 N–H and O–H groups in total. The molecule has 0 saturated carbocycles. The second kappa shape index (κ2) is 6.32. The maximum atomic E-state index is 14.7. The molecule has 1 atom stereocenters. The first kappa shape index (κ1) is 16.4. The Bertz CT molecular complexity index is 1070. The number of rotatable bonds is 2. The molecule has 128 valence electrons. The van der Waals surface area contributed by atoms with Gasteiger partial charge < -0.3 is 10.5 Å².